The van der Waals surface area contributed by atoms with E-state index in [1.807, 2.05) is 36.4 Å². The number of halogens is 1. The van der Waals surface area contributed by atoms with Gasteiger partial charge in [0, 0.05) is 11.3 Å². The Morgan fingerprint density at radius 1 is 0.929 bits per heavy atom. The van der Waals surface area contributed by atoms with Gasteiger partial charge in [0.25, 0.3) is 0 Å². The summed E-state index contributed by atoms with van der Waals surface area (Å²) in [5, 5.41) is 0. The fourth-order valence-corrected chi connectivity index (χ4v) is 8.97. The van der Waals surface area contributed by atoms with Gasteiger partial charge in [0.15, 0.2) is 5.78 Å². The van der Waals surface area contributed by atoms with Crippen LogP contribution in [0, 0.1) is 22.7 Å². The molecule has 0 aromatic heterocycles. The summed E-state index contributed by atoms with van der Waals surface area (Å²) in [7, 11) is 0. The average molecular weight is 435 g/mol. The van der Waals surface area contributed by atoms with E-state index in [4.69, 9.17) is 0 Å². The third-order valence-corrected chi connectivity index (χ3v) is 10.2. The molecule has 2 nitrogen and oxygen atoms in total. The number of benzene rings is 2. The molecule has 5 atom stereocenters. The maximum Gasteiger partial charge on any atom is 0.155 e. The lowest BCUT2D eigenvalue weighted by Crippen LogP contribution is -2.70. The Hall–Kier alpha value is -1.74. The largest absolute Gasteiger partial charge is 0.298 e. The van der Waals surface area contributed by atoms with Crippen molar-refractivity contribution in [2.24, 2.45) is 22.7 Å². The van der Waals surface area contributed by atoms with Crippen molar-refractivity contribution in [3.63, 3.8) is 0 Å². The predicted octanol–water partition coefficient (Wildman–Crippen LogP) is 5.08. The second-order valence-electron chi connectivity index (χ2n) is 9.43. The van der Waals surface area contributed by atoms with Gasteiger partial charge in [-0.2, -0.15) is 0 Å². The Balaban J connectivity index is 1.64. The number of carbonyl (C=O) groups is 2. The molecule has 0 N–H and O–H groups in total. The number of rotatable bonds is 2. The van der Waals surface area contributed by atoms with Gasteiger partial charge in [-0.15, -0.1) is 0 Å². The van der Waals surface area contributed by atoms with Crippen LogP contribution in [0.3, 0.4) is 0 Å². The van der Waals surface area contributed by atoms with Crippen molar-refractivity contribution >= 4 is 27.5 Å². The molecule has 4 aliphatic rings. The fourth-order valence-electron chi connectivity index (χ4n) is 7.65. The van der Waals surface area contributed by atoms with Crippen molar-refractivity contribution in [3.8, 4) is 0 Å². The summed E-state index contributed by atoms with van der Waals surface area (Å²) in [6, 6.07) is 20.5. The van der Waals surface area contributed by atoms with E-state index in [0.717, 1.165) is 36.8 Å². The van der Waals surface area contributed by atoms with Gasteiger partial charge in [-0.05, 0) is 36.3 Å². The Labute approximate surface area is 173 Å². The fraction of sp³-hybridized carbons (Fsp3) is 0.440. The van der Waals surface area contributed by atoms with Crippen LogP contribution in [0.25, 0.3) is 0 Å². The van der Waals surface area contributed by atoms with E-state index in [1.165, 1.54) is 0 Å². The van der Waals surface area contributed by atoms with Crippen LogP contribution in [0.4, 0.5) is 0 Å². The van der Waals surface area contributed by atoms with Crippen LogP contribution in [0.15, 0.2) is 60.7 Å². The Kier molecular flexibility index (Phi) is 3.09. The maximum absolute atomic E-state index is 14.3. The number of hydrogen-bond donors (Lipinski definition) is 0. The molecule has 28 heavy (non-hydrogen) atoms. The SMILES string of the molecule is C[C@]12C(=O)[C@]34CCC[C@H]3C[C@]4(Br)C(=O)[C@H]1C2(c1ccccc1)c1ccccc1. The lowest BCUT2D eigenvalue weighted by atomic mass is 9.46. The molecule has 4 saturated carbocycles. The van der Waals surface area contributed by atoms with E-state index >= 15 is 0 Å². The molecule has 0 heterocycles. The number of fused-ring (bicyclic) bond motifs is 1. The zero-order valence-corrected chi connectivity index (χ0v) is 17.5. The minimum atomic E-state index is -0.660. The van der Waals surface area contributed by atoms with Gasteiger partial charge >= 0.3 is 0 Å². The van der Waals surface area contributed by atoms with Crippen LogP contribution in [0.5, 0.6) is 0 Å². The number of carbonyl (C=O) groups excluding carboxylic acids is 2. The van der Waals surface area contributed by atoms with Gasteiger partial charge in [0.05, 0.1) is 15.2 Å². The molecular weight excluding hydrogens is 412 g/mol. The molecule has 4 fully saturated rings. The van der Waals surface area contributed by atoms with Gasteiger partial charge in [0.1, 0.15) is 5.78 Å². The normalized spacial score (nSPS) is 42.2. The van der Waals surface area contributed by atoms with Crippen LogP contribution >= 0.6 is 15.9 Å². The van der Waals surface area contributed by atoms with Crippen LogP contribution in [0.2, 0.25) is 0 Å². The smallest absolute Gasteiger partial charge is 0.155 e. The number of Topliss-reactive ketones (excluding diaryl/α,β-unsaturated/α-hetero) is 2. The molecule has 0 aliphatic heterocycles. The summed E-state index contributed by atoms with van der Waals surface area (Å²) in [5.74, 6) is 0.679. The first kappa shape index (κ1) is 17.1. The molecule has 3 heteroatoms. The highest BCUT2D eigenvalue weighted by molar-refractivity contribution is 9.10. The minimum absolute atomic E-state index is 0.264. The molecule has 142 valence electrons. The van der Waals surface area contributed by atoms with E-state index in [1.54, 1.807) is 0 Å². The van der Waals surface area contributed by atoms with Crippen LogP contribution in [-0.4, -0.2) is 15.9 Å². The van der Waals surface area contributed by atoms with Gasteiger partial charge in [0.2, 0.25) is 0 Å². The zero-order chi connectivity index (χ0) is 19.4. The first-order valence-electron chi connectivity index (χ1n) is 10.3. The number of ketones is 2. The van der Waals surface area contributed by atoms with Crippen molar-refractivity contribution in [1.29, 1.82) is 0 Å². The maximum atomic E-state index is 14.3. The standard InChI is InChI=1S/C25H23BrO2/c1-22-19(20(27)24(26)15-18-13-8-14-23(18,24)21(22)28)25(22,16-9-4-2-5-10-16)17-11-6-3-7-12-17/h2-7,9-12,18-19H,8,13-15H2,1H3/t18-,19+,22+,23-,24-/m0/s1. The Bertz CT molecular complexity index is 976. The van der Waals surface area contributed by atoms with Crippen LogP contribution in [-0.2, 0) is 15.0 Å². The second kappa shape index (κ2) is 5.05. The van der Waals surface area contributed by atoms with Crippen molar-refractivity contribution < 1.29 is 9.59 Å². The average Bonchev–Trinajstić information content (AvgIpc) is 3.13. The summed E-state index contributed by atoms with van der Waals surface area (Å²) in [5.41, 5.74) is 0.495. The topological polar surface area (TPSA) is 34.1 Å². The quantitative estimate of drug-likeness (QED) is 0.617. The van der Waals surface area contributed by atoms with Gasteiger partial charge in [-0.3, -0.25) is 9.59 Å². The number of alkyl halides is 1. The monoisotopic (exact) mass is 434 g/mol. The number of hydrogen-bond acceptors (Lipinski definition) is 2. The lowest BCUT2D eigenvalue weighted by Gasteiger charge is -2.60. The summed E-state index contributed by atoms with van der Waals surface area (Å²) >= 11 is 3.87. The molecule has 0 unspecified atom stereocenters. The van der Waals surface area contributed by atoms with E-state index in [-0.39, 0.29) is 11.7 Å². The first-order valence-corrected chi connectivity index (χ1v) is 11.1. The molecular formula is C25H23BrO2. The predicted molar refractivity (Wildman–Crippen MR) is 111 cm³/mol. The third-order valence-electron chi connectivity index (χ3n) is 8.79. The van der Waals surface area contributed by atoms with Crippen molar-refractivity contribution in [1.82, 2.24) is 0 Å². The van der Waals surface area contributed by atoms with Gasteiger partial charge in [-0.1, -0.05) is 89.9 Å². The Morgan fingerprint density at radius 2 is 1.50 bits per heavy atom. The first-order chi connectivity index (χ1) is 13.5. The molecule has 2 aromatic carbocycles. The summed E-state index contributed by atoms with van der Waals surface area (Å²) < 4.78 is -0.645. The second-order valence-corrected chi connectivity index (χ2v) is 10.8. The summed E-state index contributed by atoms with van der Waals surface area (Å²) in [4.78, 5) is 28.3. The highest BCUT2D eigenvalue weighted by atomic mass is 79.9. The molecule has 0 amide bonds. The van der Waals surface area contributed by atoms with E-state index in [0.29, 0.717) is 11.7 Å². The molecule has 2 aromatic rings. The lowest BCUT2D eigenvalue weighted by molar-refractivity contribution is -0.161. The minimum Gasteiger partial charge on any atom is -0.298 e. The van der Waals surface area contributed by atoms with Crippen LogP contribution in [0.1, 0.15) is 43.7 Å². The zero-order valence-electron chi connectivity index (χ0n) is 16.0. The Morgan fingerprint density at radius 3 is 2.04 bits per heavy atom. The molecule has 1 spiro atoms. The van der Waals surface area contributed by atoms with E-state index in [2.05, 4.69) is 47.1 Å². The van der Waals surface area contributed by atoms with Crippen molar-refractivity contribution in [2.75, 3.05) is 0 Å². The van der Waals surface area contributed by atoms with Crippen molar-refractivity contribution in [2.45, 2.75) is 42.3 Å². The van der Waals surface area contributed by atoms with E-state index in [9.17, 15) is 9.59 Å². The third kappa shape index (κ3) is 1.48. The molecule has 4 aliphatic carbocycles. The molecule has 6 rings (SSSR count). The van der Waals surface area contributed by atoms with Crippen molar-refractivity contribution in [3.05, 3.63) is 71.8 Å². The highest BCUT2D eigenvalue weighted by Gasteiger charge is 2.92. The summed E-state index contributed by atoms with van der Waals surface area (Å²) in [6.07, 6.45) is 3.82. The summed E-state index contributed by atoms with van der Waals surface area (Å²) in [6.45, 7) is 2.08. The molecule has 0 bridgehead atoms. The van der Waals surface area contributed by atoms with Gasteiger partial charge < -0.3 is 0 Å². The van der Waals surface area contributed by atoms with Crippen LogP contribution < -0.4 is 0 Å². The highest BCUT2D eigenvalue weighted by Crippen LogP contribution is 2.84. The molecule has 0 saturated heterocycles. The van der Waals surface area contributed by atoms with E-state index < -0.39 is 20.6 Å². The molecule has 0 radical (unpaired) electrons. The van der Waals surface area contributed by atoms with Gasteiger partial charge in [-0.25, -0.2) is 0 Å².